The van der Waals surface area contributed by atoms with Crippen molar-refractivity contribution in [2.75, 3.05) is 4.90 Å². The molecule has 0 saturated heterocycles. The molecule has 1 amide bonds. The number of aromatic nitrogens is 2. The van der Waals surface area contributed by atoms with Crippen LogP contribution < -0.4 is 4.90 Å². The monoisotopic (exact) mass is 273 g/mol. The van der Waals surface area contributed by atoms with Crippen molar-refractivity contribution in [1.29, 1.82) is 0 Å². The number of carbonyl (C=O) groups excluding carboxylic acids is 2. The van der Waals surface area contributed by atoms with Gasteiger partial charge in [0.05, 0.1) is 29.8 Å². The SMILES string of the molecule is Cc1cc(F)cc2c1N(Cc1cncn1C)C(=O)C2=O. The van der Waals surface area contributed by atoms with Crippen molar-refractivity contribution in [2.45, 2.75) is 13.5 Å². The van der Waals surface area contributed by atoms with Gasteiger partial charge in [0, 0.05) is 13.2 Å². The van der Waals surface area contributed by atoms with Crippen LogP contribution in [0.25, 0.3) is 0 Å². The molecule has 1 aliphatic rings. The summed E-state index contributed by atoms with van der Waals surface area (Å²) >= 11 is 0. The first kappa shape index (κ1) is 12.5. The van der Waals surface area contributed by atoms with Gasteiger partial charge in [0.1, 0.15) is 5.82 Å². The number of ketones is 1. The highest BCUT2D eigenvalue weighted by molar-refractivity contribution is 6.52. The Balaban J connectivity index is 2.09. The topological polar surface area (TPSA) is 55.2 Å². The fourth-order valence-corrected chi connectivity index (χ4v) is 2.46. The second-order valence-corrected chi connectivity index (χ2v) is 4.84. The summed E-state index contributed by atoms with van der Waals surface area (Å²) in [6.07, 6.45) is 3.25. The number of carbonyl (C=O) groups is 2. The maximum absolute atomic E-state index is 13.4. The third-order valence-electron chi connectivity index (χ3n) is 3.46. The Morgan fingerprint density at radius 2 is 2.05 bits per heavy atom. The zero-order valence-corrected chi connectivity index (χ0v) is 11.1. The van der Waals surface area contributed by atoms with Crippen molar-refractivity contribution >= 4 is 17.4 Å². The van der Waals surface area contributed by atoms with E-state index in [1.807, 2.05) is 7.05 Å². The Labute approximate surface area is 114 Å². The van der Waals surface area contributed by atoms with Crippen molar-refractivity contribution in [3.05, 3.63) is 47.3 Å². The van der Waals surface area contributed by atoms with Gasteiger partial charge in [0.25, 0.3) is 11.7 Å². The van der Waals surface area contributed by atoms with Crippen LogP contribution in [0.4, 0.5) is 10.1 Å². The number of rotatable bonds is 2. The number of amides is 1. The van der Waals surface area contributed by atoms with E-state index in [-0.39, 0.29) is 12.1 Å². The van der Waals surface area contributed by atoms with E-state index in [9.17, 15) is 14.0 Å². The summed E-state index contributed by atoms with van der Waals surface area (Å²) in [7, 11) is 1.81. The predicted octanol–water partition coefficient (Wildman–Crippen LogP) is 1.60. The Morgan fingerprint density at radius 1 is 1.30 bits per heavy atom. The normalized spacial score (nSPS) is 14.1. The van der Waals surface area contributed by atoms with Crippen LogP contribution in [-0.2, 0) is 18.4 Å². The van der Waals surface area contributed by atoms with E-state index < -0.39 is 17.5 Å². The van der Waals surface area contributed by atoms with Gasteiger partial charge < -0.3 is 4.57 Å². The average molecular weight is 273 g/mol. The number of halogens is 1. The van der Waals surface area contributed by atoms with Crippen LogP contribution >= 0.6 is 0 Å². The summed E-state index contributed by atoms with van der Waals surface area (Å²) in [4.78, 5) is 29.4. The highest BCUT2D eigenvalue weighted by Crippen LogP contribution is 2.34. The standard InChI is InChI=1S/C14H12FN3O2/c1-8-3-9(15)4-11-12(8)18(14(20)13(11)19)6-10-5-16-7-17(10)2/h3-5,7H,6H2,1-2H3. The molecule has 1 aromatic heterocycles. The third kappa shape index (κ3) is 1.72. The molecule has 0 spiro atoms. The fraction of sp³-hybridized carbons (Fsp3) is 0.214. The molecule has 0 atom stereocenters. The Hall–Kier alpha value is -2.50. The van der Waals surface area contributed by atoms with Crippen molar-refractivity contribution in [3.63, 3.8) is 0 Å². The highest BCUT2D eigenvalue weighted by Gasteiger charge is 2.37. The average Bonchev–Trinajstić information content (AvgIpc) is 2.88. The number of fused-ring (bicyclic) bond motifs is 1. The van der Waals surface area contributed by atoms with E-state index in [1.165, 1.54) is 11.0 Å². The first-order valence-corrected chi connectivity index (χ1v) is 6.10. The first-order valence-electron chi connectivity index (χ1n) is 6.10. The minimum absolute atomic E-state index is 0.134. The molecule has 3 rings (SSSR count). The van der Waals surface area contributed by atoms with Crippen molar-refractivity contribution in [2.24, 2.45) is 7.05 Å². The van der Waals surface area contributed by atoms with E-state index in [4.69, 9.17) is 0 Å². The highest BCUT2D eigenvalue weighted by atomic mass is 19.1. The lowest BCUT2D eigenvalue weighted by atomic mass is 10.1. The van der Waals surface area contributed by atoms with Crippen LogP contribution in [0.5, 0.6) is 0 Å². The maximum atomic E-state index is 13.4. The number of hydrogen-bond acceptors (Lipinski definition) is 3. The molecule has 0 unspecified atom stereocenters. The maximum Gasteiger partial charge on any atom is 0.299 e. The first-order chi connectivity index (χ1) is 9.49. The van der Waals surface area contributed by atoms with Gasteiger partial charge in [-0.3, -0.25) is 14.5 Å². The molecule has 0 saturated carbocycles. The van der Waals surface area contributed by atoms with Gasteiger partial charge in [-0.2, -0.15) is 0 Å². The summed E-state index contributed by atoms with van der Waals surface area (Å²) in [5.41, 5.74) is 1.99. The van der Waals surface area contributed by atoms with Crippen LogP contribution in [0, 0.1) is 12.7 Å². The largest absolute Gasteiger partial charge is 0.336 e. The predicted molar refractivity (Wildman–Crippen MR) is 69.9 cm³/mol. The molecule has 1 aromatic carbocycles. The summed E-state index contributed by atoms with van der Waals surface area (Å²) < 4.78 is 15.2. The minimum Gasteiger partial charge on any atom is -0.336 e. The summed E-state index contributed by atoms with van der Waals surface area (Å²) in [6.45, 7) is 1.92. The molecule has 0 aliphatic carbocycles. The van der Waals surface area contributed by atoms with Crippen molar-refractivity contribution in [1.82, 2.24) is 9.55 Å². The van der Waals surface area contributed by atoms with Gasteiger partial charge in [0.2, 0.25) is 0 Å². The lowest BCUT2D eigenvalue weighted by Gasteiger charge is -2.18. The number of nitrogens with zero attached hydrogens (tertiary/aromatic N) is 3. The molecule has 2 aromatic rings. The van der Waals surface area contributed by atoms with E-state index in [0.717, 1.165) is 11.8 Å². The summed E-state index contributed by atoms with van der Waals surface area (Å²) in [6, 6.07) is 2.44. The van der Waals surface area contributed by atoms with Gasteiger partial charge in [-0.05, 0) is 24.6 Å². The number of anilines is 1. The Kier molecular flexibility index (Phi) is 2.67. The zero-order chi connectivity index (χ0) is 14.4. The Morgan fingerprint density at radius 3 is 2.70 bits per heavy atom. The van der Waals surface area contributed by atoms with E-state index in [1.54, 1.807) is 24.0 Å². The van der Waals surface area contributed by atoms with E-state index in [2.05, 4.69) is 4.98 Å². The van der Waals surface area contributed by atoms with Gasteiger partial charge in [-0.1, -0.05) is 0 Å². The molecule has 5 nitrogen and oxygen atoms in total. The molecule has 2 heterocycles. The van der Waals surface area contributed by atoms with Crippen LogP contribution in [0.2, 0.25) is 0 Å². The molecule has 20 heavy (non-hydrogen) atoms. The molecule has 0 N–H and O–H groups in total. The number of aryl methyl sites for hydroxylation is 2. The molecule has 6 heteroatoms. The van der Waals surface area contributed by atoms with Crippen molar-refractivity contribution in [3.8, 4) is 0 Å². The van der Waals surface area contributed by atoms with Crippen LogP contribution in [0.1, 0.15) is 21.6 Å². The smallest absolute Gasteiger partial charge is 0.299 e. The van der Waals surface area contributed by atoms with E-state index >= 15 is 0 Å². The molecular weight excluding hydrogens is 261 g/mol. The number of Topliss-reactive ketones (excluding diaryl/α,β-unsaturated/α-hetero) is 1. The second kappa shape index (κ2) is 4.26. The summed E-state index contributed by atoms with van der Waals surface area (Å²) in [5.74, 6) is -1.80. The van der Waals surface area contributed by atoms with Crippen LogP contribution in [-0.4, -0.2) is 21.2 Å². The fourth-order valence-electron chi connectivity index (χ4n) is 2.46. The quantitative estimate of drug-likeness (QED) is 0.781. The number of hydrogen-bond donors (Lipinski definition) is 0. The van der Waals surface area contributed by atoms with Gasteiger partial charge in [-0.15, -0.1) is 0 Å². The Bertz CT molecular complexity index is 736. The van der Waals surface area contributed by atoms with E-state index in [0.29, 0.717) is 11.3 Å². The van der Waals surface area contributed by atoms with Gasteiger partial charge >= 0.3 is 0 Å². The van der Waals surface area contributed by atoms with Crippen LogP contribution in [0.3, 0.4) is 0 Å². The van der Waals surface area contributed by atoms with Gasteiger partial charge in [0.15, 0.2) is 0 Å². The second-order valence-electron chi connectivity index (χ2n) is 4.84. The molecule has 1 aliphatic heterocycles. The zero-order valence-electron chi connectivity index (χ0n) is 11.1. The van der Waals surface area contributed by atoms with Crippen LogP contribution in [0.15, 0.2) is 24.7 Å². The minimum atomic E-state index is -0.662. The molecular formula is C14H12FN3O2. The molecule has 0 bridgehead atoms. The number of imidazole rings is 1. The molecule has 0 radical (unpaired) electrons. The lowest BCUT2D eigenvalue weighted by Crippen LogP contribution is -2.30. The van der Waals surface area contributed by atoms with Gasteiger partial charge in [-0.25, -0.2) is 9.37 Å². The van der Waals surface area contributed by atoms with Crippen molar-refractivity contribution < 1.29 is 14.0 Å². The molecule has 0 fully saturated rings. The lowest BCUT2D eigenvalue weighted by molar-refractivity contribution is -0.114. The number of benzene rings is 1. The summed E-state index contributed by atoms with van der Waals surface area (Å²) in [5, 5.41) is 0. The molecule has 102 valence electrons. The third-order valence-corrected chi connectivity index (χ3v) is 3.46.